The predicted octanol–water partition coefficient (Wildman–Crippen LogP) is -0.590. The molecule has 0 aromatic heterocycles. The molecule has 0 spiro atoms. The summed E-state index contributed by atoms with van der Waals surface area (Å²) in [7, 11) is 0. The van der Waals surface area contributed by atoms with Crippen LogP contribution in [0.15, 0.2) is 10.6 Å². The maximum atomic E-state index is 12.3. The normalized spacial score (nSPS) is 36.5. The Bertz CT molecular complexity index is 849. The molecule has 4 amide bonds. The molecule has 4 heterocycles. The first kappa shape index (κ1) is 19.9. The van der Waals surface area contributed by atoms with Crippen LogP contribution in [-0.2, 0) is 19.2 Å². The van der Waals surface area contributed by atoms with Crippen LogP contribution in [0.2, 0.25) is 0 Å². The van der Waals surface area contributed by atoms with Crippen LogP contribution >= 0.6 is 11.8 Å². The van der Waals surface area contributed by atoms with Gasteiger partial charge in [0.25, 0.3) is 5.91 Å². The number of Topliss-reactive ketones (excluding diaryl/α,β-unsaturated/α-hetero) is 1. The zero-order valence-corrected chi connectivity index (χ0v) is 16.7. The van der Waals surface area contributed by atoms with E-state index in [1.54, 1.807) is 0 Å². The van der Waals surface area contributed by atoms with Crippen molar-refractivity contribution >= 4 is 41.4 Å². The number of rotatable bonds is 5. The number of fused-ring (bicyclic) bond motifs is 1. The quantitative estimate of drug-likeness (QED) is 0.261. The molecule has 11 heteroatoms. The lowest BCUT2D eigenvalue weighted by atomic mass is 9.80. The van der Waals surface area contributed by atoms with Gasteiger partial charge in [-0.15, -0.1) is 11.8 Å². The number of carboxylic acid groups (broad SMARTS) is 1. The summed E-state index contributed by atoms with van der Waals surface area (Å²) >= 11 is 1.43. The first-order chi connectivity index (χ1) is 13.7. The fraction of sp³-hybridized carbons (Fsp3) is 0.611. The number of piperidine rings is 1. The molecular weight excluding hydrogens is 400 g/mol. The molecular formula is C18H22N4O6S. The van der Waals surface area contributed by atoms with Crippen molar-refractivity contribution in [1.82, 2.24) is 20.9 Å². The number of thioether (sulfide) groups is 1. The maximum absolute atomic E-state index is 12.3. The Morgan fingerprint density at radius 3 is 2.45 bits per heavy atom. The molecule has 0 bridgehead atoms. The number of urea groups is 1. The van der Waals surface area contributed by atoms with Crippen molar-refractivity contribution in [3.8, 4) is 0 Å². The second-order valence-corrected chi connectivity index (χ2v) is 9.21. The van der Waals surface area contributed by atoms with Gasteiger partial charge in [-0.25, -0.2) is 9.59 Å². The molecule has 4 rings (SSSR count). The van der Waals surface area contributed by atoms with Gasteiger partial charge in [-0.2, -0.15) is 0 Å². The van der Waals surface area contributed by atoms with E-state index in [-0.39, 0.29) is 34.6 Å². The lowest BCUT2D eigenvalue weighted by molar-refractivity contribution is -0.160. The molecule has 4 N–H and O–H groups in total. The molecule has 0 saturated carbocycles. The van der Waals surface area contributed by atoms with Crippen LogP contribution < -0.4 is 16.0 Å². The zero-order valence-electron chi connectivity index (χ0n) is 15.9. The van der Waals surface area contributed by atoms with Crippen LogP contribution in [0.3, 0.4) is 0 Å². The number of hydrogen-bond acceptors (Lipinski definition) is 7. The van der Waals surface area contributed by atoms with Crippen molar-refractivity contribution in [2.24, 2.45) is 11.8 Å². The highest BCUT2D eigenvalue weighted by atomic mass is 32.2. The summed E-state index contributed by atoms with van der Waals surface area (Å²) in [6.07, 6.45) is 1.36. The van der Waals surface area contributed by atoms with E-state index in [4.69, 9.17) is 0 Å². The predicted molar refractivity (Wildman–Crippen MR) is 101 cm³/mol. The maximum Gasteiger partial charge on any atom is 0.353 e. The monoisotopic (exact) mass is 422 g/mol. The van der Waals surface area contributed by atoms with Gasteiger partial charge in [-0.1, -0.05) is 6.92 Å². The third kappa shape index (κ3) is 3.12. The van der Waals surface area contributed by atoms with Gasteiger partial charge in [0.1, 0.15) is 23.4 Å². The summed E-state index contributed by atoms with van der Waals surface area (Å²) in [4.78, 5) is 61.0. The van der Waals surface area contributed by atoms with E-state index in [2.05, 4.69) is 16.0 Å². The Kier molecular flexibility index (Phi) is 4.89. The fourth-order valence-electron chi connectivity index (χ4n) is 4.69. The highest BCUT2D eigenvalue weighted by Crippen LogP contribution is 2.51. The standard InChI is InChI=1S/C18H22N4O6S/c1-6-12-10(7(2)23)16(25)22(12)13(17(26)27)14(6)29-8-3-4-9(19-5-8)11-15(24)21-18(28)20-11/h6,8-12,19H,3-5H2,1-2H3,(H,26,27)(H2,20,21,24,28)/t6-,8?,9?,10-,11?,12-/m1/s1. The first-order valence-electron chi connectivity index (χ1n) is 9.53. The molecule has 4 aliphatic heterocycles. The van der Waals surface area contributed by atoms with Crippen LogP contribution in [0.5, 0.6) is 0 Å². The fourth-order valence-corrected chi connectivity index (χ4v) is 6.13. The number of imide groups is 1. The Morgan fingerprint density at radius 2 is 1.93 bits per heavy atom. The second kappa shape index (κ2) is 7.13. The SMILES string of the molecule is CC(=O)[C@H]1C(=O)N2C(C(=O)O)=C(SC3CCC(C4NC(=O)NC4=O)NC3)[C@H](C)[C@H]12. The summed E-state index contributed by atoms with van der Waals surface area (Å²) < 4.78 is 0. The van der Waals surface area contributed by atoms with Gasteiger partial charge in [0.2, 0.25) is 5.91 Å². The zero-order chi connectivity index (χ0) is 21.0. The number of ketones is 1. The number of amides is 4. The number of nitrogens with one attached hydrogen (secondary N) is 3. The van der Waals surface area contributed by atoms with Crippen LogP contribution in [0, 0.1) is 11.8 Å². The second-order valence-electron chi connectivity index (χ2n) is 7.87. The topological polar surface area (TPSA) is 145 Å². The average Bonchev–Trinajstić information content (AvgIpc) is 3.10. The van der Waals surface area contributed by atoms with E-state index in [0.717, 1.165) is 6.42 Å². The molecule has 6 atom stereocenters. The van der Waals surface area contributed by atoms with E-state index >= 15 is 0 Å². The van der Waals surface area contributed by atoms with E-state index in [1.807, 2.05) is 6.92 Å². The molecule has 3 unspecified atom stereocenters. The first-order valence-corrected chi connectivity index (χ1v) is 10.4. The number of β-lactam (4-membered cyclic amide) rings is 1. The van der Waals surface area contributed by atoms with Gasteiger partial charge in [-0.3, -0.25) is 24.6 Å². The van der Waals surface area contributed by atoms with Crippen molar-refractivity contribution < 1.29 is 29.1 Å². The van der Waals surface area contributed by atoms with Gasteiger partial charge in [0.05, 0.1) is 6.04 Å². The van der Waals surface area contributed by atoms with Gasteiger partial charge in [0, 0.05) is 28.7 Å². The van der Waals surface area contributed by atoms with Crippen LogP contribution in [0.1, 0.15) is 26.7 Å². The molecule has 0 aromatic rings. The number of carboxylic acids is 1. The molecule has 3 saturated heterocycles. The van der Waals surface area contributed by atoms with Gasteiger partial charge < -0.3 is 15.7 Å². The number of nitrogens with zero attached hydrogens (tertiary/aromatic N) is 1. The van der Waals surface area contributed by atoms with E-state index < -0.39 is 35.9 Å². The highest BCUT2D eigenvalue weighted by molar-refractivity contribution is 8.03. The van der Waals surface area contributed by atoms with Crippen molar-refractivity contribution in [3.05, 3.63) is 10.6 Å². The van der Waals surface area contributed by atoms with Crippen molar-refractivity contribution in [1.29, 1.82) is 0 Å². The van der Waals surface area contributed by atoms with Crippen LogP contribution in [-0.4, -0.2) is 69.5 Å². The van der Waals surface area contributed by atoms with Gasteiger partial charge in [-0.05, 0) is 19.8 Å². The highest BCUT2D eigenvalue weighted by Gasteiger charge is 2.60. The van der Waals surface area contributed by atoms with Crippen molar-refractivity contribution in [2.45, 2.75) is 50.1 Å². The minimum absolute atomic E-state index is 0.0143. The van der Waals surface area contributed by atoms with E-state index in [0.29, 0.717) is 17.9 Å². The van der Waals surface area contributed by atoms with E-state index in [1.165, 1.54) is 23.6 Å². The summed E-state index contributed by atoms with van der Waals surface area (Å²) in [6.45, 7) is 3.75. The average molecular weight is 422 g/mol. The Morgan fingerprint density at radius 1 is 1.21 bits per heavy atom. The van der Waals surface area contributed by atoms with Crippen LogP contribution in [0.25, 0.3) is 0 Å². The summed E-state index contributed by atoms with van der Waals surface area (Å²) in [5, 5.41) is 17.8. The molecule has 3 fully saturated rings. The minimum Gasteiger partial charge on any atom is -0.477 e. The third-order valence-electron chi connectivity index (χ3n) is 6.09. The molecule has 0 aromatic carbocycles. The van der Waals surface area contributed by atoms with Crippen LogP contribution in [0.4, 0.5) is 4.79 Å². The Labute approximate surface area is 170 Å². The third-order valence-corrected chi connectivity index (χ3v) is 7.65. The lowest BCUT2D eigenvalue weighted by Crippen LogP contribution is -2.62. The van der Waals surface area contributed by atoms with Crippen molar-refractivity contribution in [3.63, 3.8) is 0 Å². The molecule has 0 aliphatic carbocycles. The Hall–Kier alpha value is -2.40. The number of aliphatic carboxylic acids is 1. The van der Waals surface area contributed by atoms with Gasteiger partial charge >= 0.3 is 12.0 Å². The number of carbonyl (C=O) groups excluding carboxylic acids is 4. The van der Waals surface area contributed by atoms with Gasteiger partial charge in [0.15, 0.2) is 0 Å². The smallest absolute Gasteiger partial charge is 0.353 e. The van der Waals surface area contributed by atoms with E-state index in [9.17, 15) is 29.1 Å². The number of hydrogen-bond donors (Lipinski definition) is 4. The molecule has 10 nitrogen and oxygen atoms in total. The largest absolute Gasteiger partial charge is 0.477 e. The molecule has 4 aliphatic rings. The Balaban J connectivity index is 1.45. The number of carbonyl (C=O) groups is 5. The molecule has 156 valence electrons. The summed E-state index contributed by atoms with van der Waals surface area (Å²) in [5.41, 5.74) is -0.0143. The van der Waals surface area contributed by atoms with Crippen molar-refractivity contribution in [2.75, 3.05) is 6.54 Å². The molecule has 29 heavy (non-hydrogen) atoms. The lowest BCUT2D eigenvalue weighted by Gasteiger charge is -2.43. The summed E-state index contributed by atoms with van der Waals surface area (Å²) in [5.74, 6) is -3.18. The molecule has 0 radical (unpaired) electrons. The minimum atomic E-state index is -1.16. The summed E-state index contributed by atoms with van der Waals surface area (Å²) in [6, 6.07) is -1.71.